The summed E-state index contributed by atoms with van der Waals surface area (Å²) in [4.78, 5) is 0. The van der Waals surface area contributed by atoms with Crippen molar-refractivity contribution in [1.29, 1.82) is 0 Å². The molecule has 0 aromatic rings. The molecule has 0 heterocycles. The normalized spacial score (nSPS) is 11.9. The largest absolute Gasteiger partial charge is 0.402 e. The molecule has 0 saturated carbocycles. The highest BCUT2D eigenvalue weighted by Crippen LogP contribution is 1.96. The van der Waals surface area contributed by atoms with Crippen molar-refractivity contribution in [3.05, 3.63) is 11.8 Å². The van der Waals surface area contributed by atoms with E-state index in [1.54, 1.807) is 0 Å². The standard InChI is InChI=1S/C6H14BN/c1-2-3-6(8)4-5-7/h3H,2,4-5,7-8H2,1H3/b6-3-. The van der Waals surface area contributed by atoms with Gasteiger partial charge in [-0.3, -0.25) is 0 Å². The van der Waals surface area contributed by atoms with Crippen molar-refractivity contribution in [2.24, 2.45) is 5.73 Å². The molecule has 0 atom stereocenters. The predicted molar refractivity (Wildman–Crippen MR) is 40.5 cm³/mol. The molecule has 0 aliphatic heterocycles. The second kappa shape index (κ2) is 4.76. The molecule has 0 spiro atoms. The Bertz CT molecular complexity index is 78.6. The van der Waals surface area contributed by atoms with E-state index in [4.69, 9.17) is 5.73 Å². The fourth-order valence-corrected chi connectivity index (χ4v) is 0.653. The van der Waals surface area contributed by atoms with E-state index in [9.17, 15) is 0 Å². The lowest BCUT2D eigenvalue weighted by molar-refractivity contribution is 1.03. The molecule has 1 nitrogen and oxygen atoms in total. The highest BCUT2D eigenvalue weighted by atomic mass is 14.6. The van der Waals surface area contributed by atoms with E-state index in [2.05, 4.69) is 20.8 Å². The Hall–Kier alpha value is -0.395. The lowest BCUT2D eigenvalue weighted by Gasteiger charge is -1.93. The average Bonchev–Trinajstić information content (AvgIpc) is 1.68. The first-order valence-corrected chi connectivity index (χ1v) is 3.25. The third-order valence-electron chi connectivity index (χ3n) is 1.00. The third kappa shape index (κ3) is 3.78. The van der Waals surface area contributed by atoms with Crippen LogP contribution < -0.4 is 5.73 Å². The van der Waals surface area contributed by atoms with Crippen LogP contribution in [0, 0.1) is 0 Å². The fraction of sp³-hybridized carbons (Fsp3) is 0.667. The molecule has 0 saturated heterocycles. The zero-order chi connectivity index (χ0) is 6.41. The van der Waals surface area contributed by atoms with Gasteiger partial charge in [0.25, 0.3) is 0 Å². The van der Waals surface area contributed by atoms with Gasteiger partial charge in [-0.15, -0.1) is 0 Å². The van der Waals surface area contributed by atoms with Crippen molar-refractivity contribution < 1.29 is 0 Å². The molecule has 2 N–H and O–H groups in total. The molecule has 0 radical (unpaired) electrons. The first-order valence-electron chi connectivity index (χ1n) is 3.25. The SMILES string of the molecule is BCC/C(N)=C/CC. The van der Waals surface area contributed by atoms with Gasteiger partial charge < -0.3 is 5.73 Å². The minimum absolute atomic E-state index is 1.04. The summed E-state index contributed by atoms with van der Waals surface area (Å²) in [6, 6.07) is 0. The maximum atomic E-state index is 5.56. The summed E-state index contributed by atoms with van der Waals surface area (Å²) in [5, 5.41) is 0. The second-order valence-corrected chi connectivity index (χ2v) is 1.94. The molecule has 0 aliphatic carbocycles. The van der Waals surface area contributed by atoms with Gasteiger partial charge in [0.1, 0.15) is 7.85 Å². The number of hydrogen-bond donors (Lipinski definition) is 1. The number of rotatable bonds is 3. The van der Waals surface area contributed by atoms with Gasteiger partial charge in [0.15, 0.2) is 0 Å². The molecule has 8 heavy (non-hydrogen) atoms. The summed E-state index contributed by atoms with van der Waals surface area (Å²) in [5.74, 6) is 0. The zero-order valence-corrected chi connectivity index (χ0v) is 5.78. The van der Waals surface area contributed by atoms with Crippen molar-refractivity contribution in [2.75, 3.05) is 0 Å². The summed E-state index contributed by atoms with van der Waals surface area (Å²) in [7, 11) is 2.14. The Morgan fingerprint density at radius 3 is 2.75 bits per heavy atom. The van der Waals surface area contributed by atoms with Crippen molar-refractivity contribution in [3.63, 3.8) is 0 Å². The Morgan fingerprint density at radius 2 is 2.38 bits per heavy atom. The quantitative estimate of drug-likeness (QED) is 0.532. The Labute approximate surface area is 52.4 Å². The molecule has 0 unspecified atom stereocenters. The molecule has 46 valence electrons. The first-order chi connectivity index (χ1) is 3.81. The van der Waals surface area contributed by atoms with Crippen LogP contribution in [0.25, 0.3) is 0 Å². The first kappa shape index (κ1) is 7.60. The van der Waals surface area contributed by atoms with E-state index in [0.717, 1.165) is 24.9 Å². The fourth-order valence-electron chi connectivity index (χ4n) is 0.653. The van der Waals surface area contributed by atoms with E-state index in [1.807, 2.05) is 0 Å². The maximum absolute atomic E-state index is 5.56. The molecular weight excluding hydrogens is 96.9 g/mol. The Balaban J connectivity index is 3.29. The summed E-state index contributed by atoms with van der Waals surface area (Å²) in [5.41, 5.74) is 6.59. The number of allylic oxidation sites excluding steroid dienone is 2. The molecule has 0 aliphatic rings. The topological polar surface area (TPSA) is 26.0 Å². The minimum atomic E-state index is 1.04. The van der Waals surface area contributed by atoms with Gasteiger partial charge in [-0.1, -0.05) is 19.3 Å². The molecule has 0 fully saturated rings. The number of nitrogens with two attached hydrogens (primary N) is 1. The van der Waals surface area contributed by atoms with E-state index in [-0.39, 0.29) is 0 Å². The number of hydrogen-bond acceptors (Lipinski definition) is 1. The third-order valence-corrected chi connectivity index (χ3v) is 1.00. The van der Waals surface area contributed by atoms with Crippen molar-refractivity contribution in [1.82, 2.24) is 0 Å². The summed E-state index contributed by atoms with van der Waals surface area (Å²) >= 11 is 0. The molecule has 0 rings (SSSR count). The summed E-state index contributed by atoms with van der Waals surface area (Å²) in [6.07, 6.45) is 5.34. The van der Waals surface area contributed by atoms with Gasteiger partial charge >= 0.3 is 0 Å². The highest BCUT2D eigenvalue weighted by molar-refractivity contribution is 6.08. The van der Waals surface area contributed by atoms with Crippen LogP contribution >= 0.6 is 0 Å². The van der Waals surface area contributed by atoms with Gasteiger partial charge in [0.2, 0.25) is 0 Å². The molecule has 0 bridgehead atoms. The van der Waals surface area contributed by atoms with Crippen LogP contribution in [-0.2, 0) is 0 Å². The van der Waals surface area contributed by atoms with Crippen LogP contribution in [0.1, 0.15) is 19.8 Å². The Kier molecular flexibility index (Phi) is 4.52. The zero-order valence-electron chi connectivity index (χ0n) is 5.78. The molecular formula is C6H14BN. The summed E-state index contributed by atoms with van der Waals surface area (Å²) in [6.45, 7) is 2.10. The van der Waals surface area contributed by atoms with Gasteiger partial charge in [-0.2, -0.15) is 0 Å². The summed E-state index contributed by atoms with van der Waals surface area (Å²) < 4.78 is 0. The molecule has 0 aromatic heterocycles. The van der Waals surface area contributed by atoms with Crippen LogP contribution in [0.4, 0.5) is 0 Å². The monoisotopic (exact) mass is 111 g/mol. The van der Waals surface area contributed by atoms with Gasteiger partial charge in [0, 0.05) is 5.70 Å². The average molecular weight is 111 g/mol. The smallest absolute Gasteiger partial charge is 0.101 e. The van der Waals surface area contributed by atoms with E-state index < -0.39 is 0 Å². The lowest BCUT2D eigenvalue weighted by Crippen LogP contribution is -1.95. The van der Waals surface area contributed by atoms with Crippen LogP contribution in [0.2, 0.25) is 6.32 Å². The molecule has 0 amide bonds. The highest BCUT2D eigenvalue weighted by Gasteiger charge is 1.82. The van der Waals surface area contributed by atoms with E-state index >= 15 is 0 Å². The molecule has 0 aromatic carbocycles. The lowest BCUT2D eigenvalue weighted by atomic mass is 10.0. The van der Waals surface area contributed by atoms with E-state index in [0.29, 0.717) is 0 Å². The maximum Gasteiger partial charge on any atom is 0.101 e. The van der Waals surface area contributed by atoms with Gasteiger partial charge in [-0.25, -0.2) is 0 Å². The molecule has 2 heteroatoms. The van der Waals surface area contributed by atoms with Gasteiger partial charge in [-0.05, 0) is 12.8 Å². The van der Waals surface area contributed by atoms with Crippen LogP contribution in [-0.4, -0.2) is 7.85 Å². The predicted octanol–water partition coefficient (Wildman–Crippen LogP) is 0.680. The van der Waals surface area contributed by atoms with Gasteiger partial charge in [0.05, 0.1) is 0 Å². The van der Waals surface area contributed by atoms with Crippen LogP contribution in [0.15, 0.2) is 11.8 Å². The van der Waals surface area contributed by atoms with Crippen molar-refractivity contribution in [2.45, 2.75) is 26.1 Å². The second-order valence-electron chi connectivity index (χ2n) is 1.94. The van der Waals surface area contributed by atoms with Crippen molar-refractivity contribution >= 4 is 7.85 Å². The van der Waals surface area contributed by atoms with Crippen LogP contribution in [0.5, 0.6) is 0 Å². The van der Waals surface area contributed by atoms with E-state index in [1.165, 1.54) is 0 Å². The Morgan fingerprint density at radius 1 is 1.75 bits per heavy atom. The minimum Gasteiger partial charge on any atom is -0.402 e. The van der Waals surface area contributed by atoms with Crippen LogP contribution in [0.3, 0.4) is 0 Å². The van der Waals surface area contributed by atoms with Crippen molar-refractivity contribution in [3.8, 4) is 0 Å².